The van der Waals surface area contributed by atoms with Crippen LogP contribution in [-0.2, 0) is 4.79 Å². The lowest BCUT2D eigenvalue weighted by Crippen LogP contribution is -2.00. The van der Waals surface area contributed by atoms with Crippen molar-refractivity contribution in [3.8, 4) is 5.75 Å². The highest BCUT2D eigenvalue weighted by Gasteiger charge is 1.91. The molecule has 1 aromatic carbocycles. The third kappa shape index (κ3) is 3.26. The lowest BCUT2D eigenvalue weighted by molar-refractivity contribution is -0.109. The molecule has 0 bridgehead atoms. The van der Waals surface area contributed by atoms with Crippen LogP contribution in [0.5, 0.6) is 5.75 Å². The van der Waals surface area contributed by atoms with Crippen molar-refractivity contribution >= 4 is 12.6 Å². The smallest absolute Gasteiger partial charge is 0.227 e. The number of nitrogens with one attached hydrogen (secondary N) is 1. The molecule has 0 aliphatic heterocycles. The second kappa shape index (κ2) is 5.75. The lowest BCUT2D eigenvalue weighted by Gasteiger charge is -2.01. The van der Waals surface area contributed by atoms with E-state index in [1.807, 2.05) is 31.2 Å². The maximum Gasteiger partial charge on any atom is 0.227 e. The van der Waals surface area contributed by atoms with E-state index < -0.39 is 0 Å². The molecule has 14 heavy (non-hydrogen) atoms. The molecule has 0 fully saturated rings. The van der Waals surface area contributed by atoms with E-state index in [2.05, 4.69) is 10.5 Å². The summed E-state index contributed by atoms with van der Waals surface area (Å²) in [6, 6.07) is 7.43. The summed E-state index contributed by atoms with van der Waals surface area (Å²) in [5, 5.41) is 3.65. The molecular formula is C10H12N2O2. The quantitative estimate of drug-likeness (QED) is 0.432. The molecule has 1 amide bonds. The van der Waals surface area contributed by atoms with Gasteiger partial charge in [-0.1, -0.05) is 0 Å². The minimum Gasteiger partial charge on any atom is -0.494 e. The number of hydrogen-bond acceptors (Lipinski definition) is 3. The van der Waals surface area contributed by atoms with E-state index in [1.165, 1.54) is 0 Å². The molecule has 0 aliphatic rings. The highest BCUT2D eigenvalue weighted by molar-refractivity contribution is 5.80. The topological polar surface area (TPSA) is 50.7 Å². The first-order valence-corrected chi connectivity index (χ1v) is 4.32. The Kier molecular flexibility index (Phi) is 4.20. The number of amides is 1. The third-order valence-corrected chi connectivity index (χ3v) is 1.53. The Bertz CT molecular complexity index is 306. The zero-order valence-electron chi connectivity index (χ0n) is 7.93. The van der Waals surface area contributed by atoms with E-state index in [-0.39, 0.29) is 0 Å². The van der Waals surface area contributed by atoms with E-state index >= 15 is 0 Å². The van der Waals surface area contributed by atoms with Gasteiger partial charge in [-0.2, -0.15) is 5.10 Å². The van der Waals surface area contributed by atoms with Crippen molar-refractivity contribution in [3.05, 3.63) is 29.8 Å². The van der Waals surface area contributed by atoms with Crippen LogP contribution in [0, 0.1) is 0 Å². The van der Waals surface area contributed by atoms with Crippen LogP contribution >= 0.6 is 0 Å². The molecule has 4 nitrogen and oxygen atoms in total. The van der Waals surface area contributed by atoms with Crippen molar-refractivity contribution in [1.29, 1.82) is 0 Å². The van der Waals surface area contributed by atoms with Gasteiger partial charge in [-0.25, -0.2) is 5.43 Å². The van der Waals surface area contributed by atoms with Crippen LogP contribution in [-0.4, -0.2) is 19.2 Å². The van der Waals surface area contributed by atoms with Gasteiger partial charge in [0.15, 0.2) is 0 Å². The number of benzene rings is 1. The van der Waals surface area contributed by atoms with Crippen molar-refractivity contribution in [2.75, 3.05) is 6.61 Å². The summed E-state index contributed by atoms with van der Waals surface area (Å²) in [6.45, 7) is 2.59. The predicted molar refractivity (Wildman–Crippen MR) is 54.4 cm³/mol. The van der Waals surface area contributed by atoms with Gasteiger partial charge in [-0.05, 0) is 36.8 Å². The number of hydrazone groups is 1. The molecule has 1 N–H and O–H groups in total. The molecule has 0 atom stereocenters. The van der Waals surface area contributed by atoms with Gasteiger partial charge in [0.1, 0.15) is 5.75 Å². The van der Waals surface area contributed by atoms with Crippen LogP contribution in [0.3, 0.4) is 0 Å². The van der Waals surface area contributed by atoms with Gasteiger partial charge < -0.3 is 4.74 Å². The Labute approximate surface area is 82.6 Å². The van der Waals surface area contributed by atoms with E-state index in [9.17, 15) is 4.79 Å². The number of rotatable bonds is 5. The fourth-order valence-electron chi connectivity index (χ4n) is 0.959. The first kappa shape index (κ1) is 10.2. The minimum atomic E-state index is 0.519. The summed E-state index contributed by atoms with van der Waals surface area (Å²) < 4.78 is 5.27. The lowest BCUT2D eigenvalue weighted by atomic mass is 10.2. The molecule has 0 aliphatic carbocycles. The zero-order valence-corrected chi connectivity index (χ0v) is 7.93. The Hall–Kier alpha value is -1.84. The normalized spacial score (nSPS) is 10.1. The van der Waals surface area contributed by atoms with Crippen molar-refractivity contribution in [2.24, 2.45) is 5.10 Å². The largest absolute Gasteiger partial charge is 0.494 e. The van der Waals surface area contributed by atoms with E-state index in [0.29, 0.717) is 13.0 Å². The monoisotopic (exact) mass is 192 g/mol. The van der Waals surface area contributed by atoms with Gasteiger partial charge in [-0.15, -0.1) is 0 Å². The molecule has 0 unspecified atom stereocenters. The number of nitrogens with zero attached hydrogens (tertiary/aromatic N) is 1. The molecule has 0 heterocycles. The standard InChI is InChI=1S/C10H12N2O2/c1-2-14-10-5-3-9(4-6-10)7-11-12-8-13/h3-8H,2H2,1H3,(H,12,13). The molecule has 1 rings (SSSR count). The van der Waals surface area contributed by atoms with Gasteiger partial charge in [0.25, 0.3) is 0 Å². The molecule has 74 valence electrons. The van der Waals surface area contributed by atoms with Crippen LogP contribution in [0.15, 0.2) is 29.4 Å². The van der Waals surface area contributed by atoms with Crippen LogP contribution in [0.4, 0.5) is 0 Å². The first-order chi connectivity index (χ1) is 6.86. The highest BCUT2D eigenvalue weighted by atomic mass is 16.5. The summed E-state index contributed by atoms with van der Waals surface area (Å²) in [4.78, 5) is 9.89. The Morgan fingerprint density at radius 1 is 1.43 bits per heavy atom. The fraction of sp³-hybridized carbons (Fsp3) is 0.200. The zero-order chi connectivity index (χ0) is 10.2. The summed E-state index contributed by atoms with van der Waals surface area (Å²) in [5.74, 6) is 0.827. The second-order valence-electron chi connectivity index (χ2n) is 2.51. The summed E-state index contributed by atoms with van der Waals surface area (Å²) in [6.07, 6.45) is 2.08. The molecule has 1 aromatic rings. The third-order valence-electron chi connectivity index (χ3n) is 1.53. The maximum absolute atomic E-state index is 9.89. The minimum absolute atomic E-state index is 0.519. The predicted octanol–water partition coefficient (Wildman–Crippen LogP) is 1.17. The maximum atomic E-state index is 9.89. The van der Waals surface area contributed by atoms with Crippen molar-refractivity contribution < 1.29 is 9.53 Å². The summed E-state index contributed by atoms with van der Waals surface area (Å²) in [7, 11) is 0. The van der Waals surface area contributed by atoms with Crippen LogP contribution in [0.1, 0.15) is 12.5 Å². The molecular weight excluding hydrogens is 180 g/mol. The van der Waals surface area contributed by atoms with Gasteiger partial charge in [0.05, 0.1) is 12.8 Å². The van der Waals surface area contributed by atoms with Crippen molar-refractivity contribution in [2.45, 2.75) is 6.92 Å². The molecule has 0 radical (unpaired) electrons. The van der Waals surface area contributed by atoms with E-state index in [1.54, 1.807) is 6.21 Å². The average Bonchev–Trinajstić information content (AvgIpc) is 2.21. The molecule has 0 spiro atoms. The number of carbonyl (C=O) groups excluding carboxylic acids is 1. The van der Waals surface area contributed by atoms with Gasteiger partial charge >= 0.3 is 0 Å². The molecule has 0 saturated heterocycles. The van der Waals surface area contributed by atoms with Gasteiger partial charge in [0, 0.05) is 0 Å². The first-order valence-electron chi connectivity index (χ1n) is 4.32. The van der Waals surface area contributed by atoms with Crippen molar-refractivity contribution in [1.82, 2.24) is 5.43 Å². The van der Waals surface area contributed by atoms with E-state index in [0.717, 1.165) is 11.3 Å². The molecule has 4 heteroatoms. The SMILES string of the molecule is CCOc1ccc(C=NNC=O)cc1. The molecule has 0 aromatic heterocycles. The van der Waals surface area contributed by atoms with Crippen LogP contribution in [0.25, 0.3) is 0 Å². The fourth-order valence-corrected chi connectivity index (χ4v) is 0.959. The number of hydrogen-bond donors (Lipinski definition) is 1. The number of ether oxygens (including phenoxy) is 1. The highest BCUT2D eigenvalue weighted by Crippen LogP contribution is 2.10. The van der Waals surface area contributed by atoms with Crippen LogP contribution < -0.4 is 10.2 Å². The average molecular weight is 192 g/mol. The van der Waals surface area contributed by atoms with Gasteiger partial charge in [0.2, 0.25) is 6.41 Å². The molecule has 0 saturated carbocycles. The van der Waals surface area contributed by atoms with Crippen LogP contribution in [0.2, 0.25) is 0 Å². The Balaban J connectivity index is 2.58. The van der Waals surface area contributed by atoms with Crippen molar-refractivity contribution in [3.63, 3.8) is 0 Å². The Morgan fingerprint density at radius 3 is 2.71 bits per heavy atom. The number of carbonyl (C=O) groups is 1. The van der Waals surface area contributed by atoms with E-state index in [4.69, 9.17) is 4.74 Å². The second-order valence-corrected chi connectivity index (χ2v) is 2.51. The Morgan fingerprint density at radius 2 is 2.14 bits per heavy atom. The summed E-state index contributed by atoms with van der Waals surface area (Å²) in [5.41, 5.74) is 3.10. The summed E-state index contributed by atoms with van der Waals surface area (Å²) >= 11 is 0. The van der Waals surface area contributed by atoms with Gasteiger partial charge in [-0.3, -0.25) is 4.79 Å².